The number of hydrogen-bond acceptors (Lipinski definition) is 5. The monoisotopic (exact) mass is 398 g/mol. The molecular weight excluding hydrogens is 368 g/mol. The Bertz CT molecular complexity index is 935. The topological polar surface area (TPSA) is 81.4 Å². The molecule has 156 valence electrons. The van der Waals surface area contributed by atoms with Crippen LogP contribution in [-0.2, 0) is 9.53 Å². The number of anilines is 1. The fourth-order valence-corrected chi connectivity index (χ4v) is 5.41. The maximum Gasteiger partial charge on any atom is 0.323 e. The van der Waals surface area contributed by atoms with E-state index in [0.717, 1.165) is 75.1 Å². The van der Waals surface area contributed by atoms with Crippen LogP contribution in [0.15, 0.2) is 23.0 Å². The average Bonchev–Trinajstić information content (AvgIpc) is 3.25. The molecule has 2 saturated heterocycles. The normalized spacial score (nSPS) is 25.0. The maximum atomic E-state index is 12.4. The Morgan fingerprint density at radius 2 is 1.76 bits per heavy atom. The van der Waals surface area contributed by atoms with Gasteiger partial charge >= 0.3 is 11.7 Å². The lowest BCUT2D eigenvalue weighted by molar-refractivity contribution is -0.150. The van der Waals surface area contributed by atoms with Crippen LogP contribution in [0.1, 0.15) is 44.9 Å². The van der Waals surface area contributed by atoms with Crippen LogP contribution in [0.2, 0.25) is 0 Å². The molecule has 0 bridgehead atoms. The fourth-order valence-electron chi connectivity index (χ4n) is 5.41. The van der Waals surface area contributed by atoms with E-state index in [1.165, 1.54) is 19.3 Å². The van der Waals surface area contributed by atoms with Crippen molar-refractivity contribution in [2.45, 2.75) is 51.0 Å². The lowest BCUT2D eigenvalue weighted by Crippen LogP contribution is -2.47. The third-order valence-corrected chi connectivity index (χ3v) is 7.14. The Labute approximate surface area is 170 Å². The minimum absolute atomic E-state index is 0.0743. The van der Waals surface area contributed by atoms with Crippen molar-refractivity contribution in [2.75, 3.05) is 37.6 Å². The minimum atomic E-state index is -0.162. The van der Waals surface area contributed by atoms with Gasteiger partial charge in [0.25, 0.3) is 0 Å². The summed E-state index contributed by atoms with van der Waals surface area (Å²) in [5, 5.41) is 0. The molecule has 7 nitrogen and oxygen atoms in total. The smallest absolute Gasteiger partial charge is 0.323 e. The highest BCUT2D eigenvalue weighted by Gasteiger charge is 2.48. The third-order valence-electron chi connectivity index (χ3n) is 7.14. The third kappa shape index (κ3) is 3.68. The van der Waals surface area contributed by atoms with Gasteiger partial charge in [-0.15, -0.1) is 0 Å². The molecule has 2 aliphatic heterocycles. The lowest BCUT2D eigenvalue weighted by Gasteiger charge is -2.36. The number of carbonyl (C=O) groups is 1. The van der Waals surface area contributed by atoms with Gasteiger partial charge in [0.1, 0.15) is 6.10 Å². The van der Waals surface area contributed by atoms with Gasteiger partial charge in [-0.1, -0.05) is 19.3 Å². The molecule has 1 aliphatic carbocycles. The van der Waals surface area contributed by atoms with Crippen LogP contribution in [-0.4, -0.2) is 59.7 Å². The molecule has 1 aromatic carbocycles. The Hall–Kier alpha value is -2.28. The first-order valence-electron chi connectivity index (χ1n) is 11.0. The number of ether oxygens (including phenoxy) is 1. The molecule has 1 unspecified atom stereocenters. The average molecular weight is 399 g/mol. The Balaban J connectivity index is 1.12. The molecule has 0 radical (unpaired) electrons. The SMILES string of the molecule is O=C1OC(CCN2CCN(c3ccc4[nH]c(=O)[nH]c4c3)CC2)CC12CCCCC2. The fraction of sp³-hybridized carbons (Fsp3) is 0.636. The summed E-state index contributed by atoms with van der Waals surface area (Å²) in [6, 6.07) is 6.08. The Kier molecular flexibility index (Phi) is 4.86. The van der Waals surface area contributed by atoms with Crippen LogP contribution >= 0.6 is 0 Å². The predicted octanol–water partition coefficient (Wildman–Crippen LogP) is 2.63. The number of esters is 1. The zero-order chi connectivity index (χ0) is 19.8. The number of carbonyl (C=O) groups excluding carboxylic acids is 1. The van der Waals surface area contributed by atoms with Crippen molar-refractivity contribution in [2.24, 2.45) is 5.41 Å². The van der Waals surface area contributed by atoms with E-state index in [4.69, 9.17) is 4.74 Å². The number of rotatable bonds is 4. The lowest BCUT2D eigenvalue weighted by atomic mass is 9.72. The highest BCUT2D eigenvalue weighted by Crippen LogP contribution is 2.46. The number of piperazine rings is 1. The summed E-state index contributed by atoms with van der Waals surface area (Å²) in [5.41, 5.74) is 2.54. The van der Waals surface area contributed by atoms with Gasteiger partial charge in [-0.3, -0.25) is 9.69 Å². The van der Waals surface area contributed by atoms with Crippen LogP contribution in [0.4, 0.5) is 5.69 Å². The summed E-state index contributed by atoms with van der Waals surface area (Å²) in [6.07, 6.45) is 7.64. The molecule has 7 heteroatoms. The van der Waals surface area contributed by atoms with Crippen molar-refractivity contribution in [3.05, 3.63) is 28.7 Å². The first kappa shape index (κ1) is 18.7. The number of hydrogen-bond donors (Lipinski definition) is 2. The Morgan fingerprint density at radius 1 is 1.00 bits per heavy atom. The minimum Gasteiger partial charge on any atom is -0.462 e. The van der Waals surface area contributed by atoms with E-state index in [1.54, 1.807) is 0 Å². The summed E-state index contributed by atoms with van der Waals surface area (Å²) in [4.78, 5) is 34.4. The van der Waals surface area contributed by atoms with E-state index >= 15 is 0 Å². The number of benzene rings is 1. The standard InChI is InChI=1S/C22H30N4O3/c27-20-22(7-2-1-3-8-22)15-17(29-20)6-9-25-10-12-26(13-11-25)16-4-5-18-19(14-16)24-21(28)23-18/h4-5,14,17H,1-3,6-13,15H2,(H2,23,24,28). The number of aromatic amines is 2. The van der Waals surface area contributed by atoms with Gasteiger partial charge in [0.05, 0.1) is 16.4 Å². The summed E-state index contributed by atoms with van der Waals surface area (Å²) in [6.45, 7) is 4.94. The summed E-state index contributed by atoms with van der Waals surface area (Å²) >= 11 is 0. The number of cyclic esters (lactones) is 1. The molecule has 1 atom stereocenters. The van der Waals surface area contributed by atoms with Crippen molar-refractivity contribution in [1.82, 2.24) is 14.9 Å². The number of imidazole rings is 1. The second-order valence-electron chi connectivity index (χ2n) is 9.00. The number of aromatic nitrogens is 2. The highest BCUT2D eigenvalue weighted by atomic mass is 16.6. The Morgan fingerprint density at radius 3 is 2.55 bits per heavy atom. The first-order valence-corrected chi connectivity index (χ1v) is 11.0. The van der Waals surface area contributed by atoms with Crippen molar-refractivity contribution in [1.29, 1.82) is 0 Å². The number of fused-ring (bicyclic) bond motifs is 1. The van der Waals surface area contributed by atoms with Gasteiger partial charge in [0.15, 0.2) is 0 Å². The largest absolute Gasteiger partial charge is 0.462 e. The molecule has 1 saturated carbocycles. The van der Waals surface area contributed by atoms with E-state index in [9.17, 15) is 9.59 Å². The van der Waals surface area contributed by atoms with Crippen molar-refractivity contribution in [3.8, 4) is 0 Å². The van der Waals surface area contributed by atoms with Gasteiger partial charge in [-0.25, -0.2) is 4.79 Å². The van der Waals surface area contributed by atoms with Crippen LogP contribution in [0.25, 0.3) is 11.0 Å². The van der Waals surface area contributed by atoms with Crippen molar-refractivity contribution in [3.63, 3.8) is 0 Å². The molecular formula is C22H30N4O3. The summed E-state index contributed by atoms with van der Waals surface area (Å²) in [7, 11) is 0. The maximum absolute atomic E-state index is 12.4. The van der Waals surface area contributed by atoms with E-state index in [0.29, 0.717) is 0 Å². The molecule has 2 N–H and O–H groups in total. The zero-order valence-electron chi connectivity index (χ0n) is 16.9. The molecule has 1 aromatic heterocycles. The summed E-state index contributed by atoms with van der Waals surface area (Å²) < 4.78 is 5.77. The van der Waals surface area contributed by atoms with Crippen LogP contribution in [0, 0.1) is 5.41 Å². The van der Waals surface area contributed by atoms with Gasteiger partial charge < -0.3 is 19.6 Å². The molecule has 5 rings (SSSR count). The van der Waals surface area contributed by atoms with Crippen LogP contribution in [0.3, 0.4) is 0 Å². The van der Waals surface area contributed by atoms with E-state index in [2.05, 4.69) is 25.8 Å². The molecule has 3 heterocycles. The first-order chi connectivity index (χ1) is 14.1. The van der Waals surface area contributed by atoms with Gasteiger partial charge in [0, 0.05) is 44.8 Å². The van der Waals surface area contributed by atoms with Crippen LogP contribution < -0.4 is 10.6 Å². The predicted molar refractivity (Wildman–Crippen MR) is 112 cm³/mol. The van der Waals surface area contributed by atoms with E-state index < -0.39 is 0 Å². The second kappa shape index (κ2) is 7.52. The highest BCUT2D eigenvalue weighted by molar-refractivity contribution is 5.79. The van der Waals surface area contributed by atoms with Crippen molar-refractivity contribution < 1.29 is 9.53 Å². The summed E-state index contributed by atoms with van der Waals surface area (Å²) in [5.74, 6) is 0.0743. The quantitative estimate of drug-likeness (QED) is 0.774. The molecule has 3 fully saturated rings. The number of nitrogens with zero attached hydrogens (tertiary/aromatic N) is 2. The van der Waals surface area contributed by atoms with E-state index in [1.807, 2.05) is 12.1 Å². The van der Waals surface area contributed by atoms with Gasteiger partial charge in [0.2, 0.25) is 0 Å². The molecule has 2 aromatic rings. The number of H-pyrrole nitrogens is 2. The molecule has 1 spiro atoms. The van der Waals surface area contributed by atoms with Crippen LogP contribution in [0.5, 0.6) is 0 Å². The molecule has 0 amide bonds. The molecule has 29 heavy (non-hydrogen) atoms. The number of nitrogens with one attached hydrogen (secondary N) is 2. The second-order valence-corrected chi connectivity index (χ2v) is 9.00. The van der Waals surface area contributed by atoms with Crippen molar-refractivity contribution >= 4 is 22.7 Å². The zero-order valence-corrected chi connectivity index (χ0v) is 16.9. The van der Waals surface area contributed by atoms with Gasteiger partial charge in [-0.2, -0.15) is 0 Å². The van der Waals surface area contributed by atoms with E-state index in [-0.39, 0.29) is 23.2 Å². The molecule has 3 aliphatic rings. The van der Waals surface area contributed by atoms with Gasteiger partial charge in [-0.05, 0) is 37.5 Å².